The molecule has 53 heavy (non-hydrogen) atoms. The summed E-state index contributed by atoms with van der Waals surface area (Å²) >= 11 is 0. The monoisotopic (exact) mass is 756 g/mol. The predicted molar refractivity (Wildman–Crippen MR) is 193 cm³/mol. The fraction of sp³-hybridized carbons (Fsp3) is 0.111. The van der Waals surface area contributed by atoms with E-state index in [0.29, 0.717) is 29.3 Å². The van der Waals surface area contributed by atoms with Gasteiger partial charge in [0.1, 0.15) is 11.1 Å². The van der Waals surface area contributed by atoms with Crippen molar-refractivity contribution < 1.29 is 43.7 Å². The number of para-hydroxylation sites is 2. The summed E-state index contributed by atoms with van der Waals surface area (Å²) in [4.78, 5) is 47.3. The van der Waals surface area contributed by atoms with Crippen LogP contribution in [0.15, 0.2) is 139 Å². The molecule has 272 valence electrons. The van der Waals surface area contributed by atoms with Crippen LogP contribution in [0.25, 0.3) is 11.4 Å². The summed E-state index contributed by atoms with van der Waals surface area (Å²) in [6.07, 6.45) is 0. The summed E-state index contributed by atoms with van der Waals surface area (Å²) < 4.78 is 2.49. The number of aromatic carboxylic acids is 2. The molecule has 0 aliphatic rings. The molecule has 0 aliphatic carbocycles. The zero-order chi connectivity index (χ0) is 37.6. The normalized spacial score (nSPS) is 10.6. The third kappa shape index (κ3) is 10.5. The van der Waals surface area contributed by atoms with Crippen molar-refractivity contribution in [3.8, 4) is 11.4 Å². The van der Waals surface area contributed by atoms with Crippen LogP contribution in [-0.4, -0.2) is 60.0 Å². The van der Waals surface area contributed by atoms with Gasteiger partial charge in [-0.25, -0.2) is 29.2 Å². The van der Waals surface area contributed by atoms with Crippen LogP contribution in [0.3, 0.4) is 0 Å². The van der Waals surface area contributed by atoms with Crippen LogP contribution < -0.4 is 16.9 Å². The maximum atomic E-state index is 12.5. The van der Waals surface area contributed by atoms with Gasteiger partial charge in [-0.1, -0.05) is 85.9 Å². The van der Waals surface area contributed by atoms with Gasteiger partial charge in [-0.05, 0) is 48.5 Å². The van der Waals surface area contributed by atoms with Crippen molar-refractivity contribution in [2.24, 2.45) is 26.2 Å². The molecule has 17 heteroatoms. The zero-order valence-corrected chi connectivity index (χ0v) is 29.6. The number of nitrogens with zero attached hydrogens (tertiary/aromatic N) is 8. The molecule has 0 amide bonds. The van der Waals surface area contributed by atoms with Crippen molar-refractivity contribution in [3.05, 3.63) is 152 Å². The number of aryl methyl sites for hydroxylation is 2. The van der Waals surface area contributed by atoms with Crippen molar-refractivity contribution in [2.75, 3.05) is 13.2 Å². The fourth-order valence-electron chi connectivity index (χ4n) is 4.41. The largest absolute Gasteiger partial charge is 1.00 e. The second kappa shape index (κ2) is 19.8. The summed E-state index contributed by atoms with van der Waals surface area (Å²) in [5.41, 5.74) is 6.59. The smallest absolute Gasteiger partial charge is 0.478 e. The van der Waals surface area contributed by atoms with E-state index in [1.54, 1.807) is 86.6 Å². The Labute approximate surface area is 314 Å². The first-order valence-corrected chi connectivity index (χ1v) is 15.5. The summed E-state index contributed by atoms with van der Waals surface area (Å²) in [5, 5.41) is 50.1. The number of carbonyl (C=O) groups is 2. The minimum Gasteiger partial charge on any atom is -0.478 e. The molecule has 0 spiro atoms. The topological polar surface area (TPSA) is 240 Å². The van der Waals surface area contributed by atoms with E-state index in [4.69, 9.17) is 21.1 Å². The van der Waals surface area contributed by atoms with E-state index in [0.717, 1.165) is 0 Å². The van der Waals surface area contributed by atoms with E-state index >= 15 is 0 Å². The van der Waals surface area contributed by atoms with Crippen LogP contribution in [-0.2, 0) is 17.4 Å². The van der Waals surface area contributed by atoms with E-state index in [9.17, 15) is 19.2 Å². The number of aromatic nitrogens is 4. The van der Waals surface area contributed by atoms with E-state index in [-0.39, 0.29) is 59.3 Å². The third-order valence-electron chi connectivity index (χ3n) is 6.89. The van der Waals surface area contributed by atoms with Crippen LogP contribution in [0.5, 0.6) is 0 Å². The van der Waals surface area contributed by atoms with Crippen LogP contribution >= 0.6 is 0 Å². The van der Waals surface area contributed by atoms with E-state index in [1.165, 1.54) is 33.6 Å². The summed E-state index contributed by atoms with van der Waals surface area (Å²) in [6, 6.07) is 30.3. The van der Waals surface area contributed by atoms with Crippen molar-refractivity contribution in [1.82, 2.24) is 19.6 Å². The van der Waals surface area contributed by atoms with Crippen molar-refractivity contribution in [3.63, 3.8) is 0 Å². The first-order valence-electron chi connectivity index (χ1n) is 15.5. The Balaban J connectivity index is 0.000000329. The minimum atomic E-state index is -1.11. The predicted octanol–water partition coefficient (Wildman–Crippen LogP) is 5.79. The number of carboxylic acids is 2. The van der Waals surface area contributed by atoms with Crippen molar-refractivity contribution >= 4 is 34.7 Å². The molecule has 0 atom stereocenters. The molecular weight excluding hydrogens is 722 g/mol. The van der Waals surface area contributed by atoms with E-state index in [2.05, 4.69) is 30.7 Å². The van der Waals surface area contributed by atoms with Crippen LogP contribution in [0.4, 0.5) is 22.7 Å². The average Bonchev–Trinajstić information content (AvgIpc) is 3.62. The quantitative estimate of drug-likeness (QED) is 0.102. The fourth-order valence-corrected chi connectivity index (χ4v) is 4.41. The van der Waals surface area contributed by atoms with Gasteiger partial charge < -0.3 is 40.9 Å². The molecule has 2 heterocycles. The maximum absolute atomic E-state index is 12.5. The molecule has 5 N–H and O–H groups in total. The van der Waals surface area contributed by atoms with Gasteiger partial charge in [0.15, 0.2) is 0 Å². The Kier molecular flexibility index (Phi) is 15.3. The summed E-state index contributed by atoms with van der Waals surface area (Å²) in [6.45, 7) is 3.77. The van der Waals surface area contributed by atoms with E-state index in [1.807, 2.05) is 12.1 Å². The maximum Gasteiger partial charge on any atom is 1.00 e. The molecule has 6 rings (SSSR count). The van der Waals surface area contributed by atoms with Crippen LogP contribution in [0.2, 0.25) is 0 Å². The van der Waals surface area contributed by atoms with Crippen molar-refractivity contribution in [1.29, 1.82) is 0 Å². The Hall–Kier alpha value is -6.51. The van der Waals surface area contributed by atoms with Crippen LogP contribution in [0.1, 0.15) is 33.5 Å². The van der Waals surface area contributed by atoms with Gasteiger partial charge in [0.25, 0.3) is 0 Å². The van der Waals surface area contributed by atoms with Crippen molar-refractivity contribution in [2.45, 2.75) is 13.8 Å². The number of benzene rings is 4. The average molecular weight is 757 g/mol. The van der Waals surface area contributed by atoms with Crippen LogP contribution in [0, 0.1) is 13.8 Å². The molecule has 16 nitrogen and oxygen atoms in total. The Morgan fingerprint density at radius 3 is 1.30 bits per heavy atom. The third-order valence-corrected chi connectivity index (χ3v) is 6.89. The van der Waals surface area contributed by atoms with Gasteiger partial charge >= 0.3 is 13.4 Å². The number of rotatable bonds is 9. The Morgan fingerprint density at radius 1 is 0.660 bits per heavy atom. The number of hydrogen-bond donors (Lipinski definition) is 4. The molecule has 6 aromatic rings. The second-order valence-corrected chi connectivity index (χ2v) is 10.5. The summed E-state index contributed by atoms with van der Waals surface area (Å²) in [5.74, 6) is -2.22. The SMILES string of the molecule is Cc1nn(-c2ccccc2)c(=O)[c-]1N=Nc1ccccc1C(=O)O.Cc1nn(-c2ccccc2)c(=O)[c-]1N=Nc1ccccc1C(=O)O.NCCO.[Cr].[H+]. The zero-order valence-electron chi connectivity index (χ0n) is 29.3. The molecule has 0 aliphatic heterocycles. The molecule has 0 saturated heterocycles. The van der Waals surface area contributed by atoms with Gasteiger partial charge in [-0.15, -0.1) is 11.4 Å². The number of hydrogen-bond acceptors (Lipinski definition) is 12. The summed E-state index contributed by atoms with van der Waals surface area (Å²) in [7, 11) is 0. The molecule has 0 bridgehead atoms. The first-order chi connectivity index (χ1) is 25.1. The number of nitrogens with two attached hydrogens (primary N) is 1. The molecular formula is C36H34CrN9O7-. The minimum absolute atomic E-state index is 0. The van der Waals surface area contributed by atoms with Gasteiger partial charge in [0, 0.05) is 23.9 Å². The Bertz CT molecular complexity index is 2160. The molecule has 2 aromatic heterocycles. The van der Waals surface area contributed by atoms with Gasteiger partial charge in [0.2, 0.25) is 0 Å². The second-order valence-electron chi connectivity index (χ2n) is 10.5. The number of azo groups is 2. The molecule has 0 saturated carbocycles. The number of carboxylic acid groups (broad SMARTS) is 2. The number of aliphatic hydroxyl groups is 1. The van der Waals surface area contributed by atoms with Gasteiger partial charge in [-0.2, -0.15) is 10.2 Å². The van der Waals surface area contributed by atoms with Gasteiger partial charge in [-0.3, -0.25) is 0 Å². The molecule has 0 unspecified atom stereocenters. The molecule has 0 fully saturated rings. The standard InChI is InChI=1S/2C17H13N4O3.C2H7NO.Cr/c2*1-11-15(16(22)21(20-11)12-7-3-2-4-8-12)19-18-14-10-6-5-9-13(14)17(23)24;3-1-2-4;/h2*2-10H,1H3,(H,23,24);4H,1-3H2;/q2*-1;;/p+1. The first kappa shape index (κ1) is 40.9. The van der Waals surface area contributed by atoms with Gasteiger partial charge in [0.05, 0.1) is 40.5 Å². The molecule has 0 radical (unpaired) electrons. The van der Waals surface area contributed by atoms with E-state index < -0.39 is 23.1 Å². The number of aliphatic hydroxyl groups excluding tert-OH is 1. The molecule has 4 aromatic carbocycles. The Morgan fingerprint density at radius 2 is 0.981 bits per heavy atom.